The number of nitrogens with zero attached hydrogens (tertiary/aromatic N) is 1. The highest BCUT2D eigenvalue weighted by molar-refractivity contribution is 7.10. The predicted molar refractivity (Wildman–Crippen MR) is 97.2 cm³/mol. The maximum absolute atomic E-state index is 12.6. The summed E-state index contributed by atoms with van der Waals surface area (Å²) in [6, 6.07) is 8.75. The summed E-state index contributed by atoms with van der Waals surface area (Å²) in [5.41, 5.74) is 8.75. The van der Waals surface area contributed by atoms with Gasteiger partial charge in [0.25, 0.3) is 5.91 Å². The average molecular weight is 354 g/mol. The fourth-order valence-electron chi connectivity index (χ4n) is 3.19. The summed E-state index contributed by atoms with van der Waals surface area (Å²) in [5.74, 6) is -0.205. The van der Waals surface area contributed by atoms with E-state index < -0.39 is 6.04 Å². The standard InChI is InChI=1S/C18H18N4O2S/c19-6-5-12-9-20-14-4-3-11(8-13(12)14)10-22-17(23)16(21-18(22)24)15-2-1-7-25-15/h1-4,7-9,16,20H,5-6,10,19H2,(H,21,24). The summed E-state index contributed by atoms with van der Waals surface area (Å²) in [6.07, 6.45) is 2.74. The number of hydrogen-bond donors (Lipinski definition) is 3. The summed E-state index contributed by atoms with van der Waals surface area (Å²) < 4.78 is 0. The van der Waals surface area contributed by atoms with Crippen LogP contribution in [0.4, 0.5) is 4.79 Å². The molecule has 1 atom stereocenters. The van der Waals surface area contributed by atoms with E-state index in [0.29, 0.717) is 6.54 Å². The van der Waals surface area contributed by atoms with Gasteiger partial charge in [0.1, 0.15) is 6.04 Å². The molecule has 2 aromatic heterocycles. The molecule has 6 nitrogen and oxygen atoms in total. The van der Waals surface area contributed by atoms with E-state index in [1.54, 1.807) is 0 Å². The van der Waals surface area contributed by atoms with Gasteiger partial charge in [-0.2, -0.15) is 0 Å². The van der Waals surface area contributed by atoms with E-state index in [2.05, 4.69) is 10.3 Å². The van der Waals surface area contributed by atoms with Crippen LogP contribution in [0.2, 0.25) is 0 Å². The van der Waals surface area contributed by atoms with Crippen LogP contribution in [0.3, 0.4) is 0 Å². The molecule has 25 heavy (non-hydrogen) atoms. The number of thiophene rings is 1. The third kappa shape index (κ3) is 2.81. The summed E-state index contributed by atoms with van der Waals surface area (Å²) in [6.45, 7) is 0.836. The van der Waals surface area contributed by atoms with Crippen molar-refractivity contribution in [3.63, 3.8) is 0 Å². The highest BCUT2D eigenvalue weighted by atomic mass is 32.1. The number of benzene rings is 1. The first-order valence-corrected chi connectivity index (χ1v) is 8.99. The molecule has 1 saturated heterocycles. The number of aromatic amines is 1. The topological polar surface area (TPSA) is 91.2 Å². The molecule has 0 spiro atoms. The number of fused-ring (bicyclic) bond motifs is 1. The van der Waals surface area contributed by atoms with Crippen LogP contribution in [0.15, 0.2) is 41.9 Å². The number of H-pyrrole nitrogens is 1. The zero-order chi connectivity index (χ0) is 17.4. The van der Waals surface area contributed by atoms with Crippen molar-refractivity contribution < 1.29 is 9.59 Å². The molecule has 1 aliphatic rings. The van der Waals surface area contributed by atoms with Gasteiger partial charge in [-0.3, -0.25) is 9.69 Å². The number of imide groups is 1. The fraction of sp³-hybridized carbons (Fsp3) is 0.222. The maximum Gasteiger partial charge on any atom is 0.325 e. The van der Waals surface area contributed by atoms with E-state index >= 15 is 0 Å². The van der Waals surface area contributed by atoms with E-state index in [1.165, 1.54) is 16.2 Å². The van der Waals surface area contributed by atoms with Gasteiger partial charge in [0.2, 0.25) is 0 Å². The molecule has 0 saturated carbocycles. The number of rotatable bonds is 5. The number of urea groups is 1. The van der Waals surface area contributed by atoms with Crippen molar-refractivity contribution in [1.29, 1.82) is 0 Å². The number of hydrogen-bond acceptors (Lipinski definition) is 4. The van der Waals surface area contributed by atoms with Crippen LogP contribution in [0.5, 0.6) is 0 Å². The second-order valence-electron chi connectivity index (χ2n) is 6.05. The Morgan fingerprint density at radius 3 is 2.88 bits per heavy atom. The molecule has 128 valence electrons. The molecule has 3 aromatic rings. The van der Waals surface area contributed by atoms with Gasteiger partial charge in [0.05, 0.1) is 6.54 Å². The largest absolute Gasteiger partial charge is 0.361 e. The van der Waals surface area contributed by atoms with E-state index in [1.807, 2.05) is 41.9 Å². The van der Waals surface area contributed by atoms with E-state index in [9.17, 15) is 9.59 Å². The van der Waals surface area contributed by atoms with Crippen LogP contribution in [-0.4, -0.2) is 28.4 Å². The lowest BCUT2D eigenvalue weighted by molar-refractivity contribution is -0.127. The zero-order valence-electron chi connectivity index (χ0n) is 13.5. The van der Waals surface area contributed by atoms with Crippen molar-refractivity contribution in [1.82, 2.24) is 15.2 Å². The van der Waals surface area contributed by atoms with E-state index in [4.69, 9.17) is 5.73 Å². The Morgan fingerprint density at radius 1 is 1.24 bits per heavy atom. The lowest BCUT2D eigenvalue weighted by Gasteiger charge is -2.13. The minimum absolute atomic E-state index is 0.205. The highest BCUT2D eigenvalue weighted by Gasteiger charge is 2.39. The molecule has 0 bridgehead atoms. The first-order chi connectivity index (χ1) is 12.2. The lowest BCUT2D eigenvalue weighted by atomic mass is 10.1. The Kier molecular flexibility index (Phi) is 4.03. The molecule has 4 rings (SSSR count). The Hall–Kier alpha value is -2.64. The highest BCUT2D eigenvalue weighted by Crippen LogP contribution is 2.27. The van der Waals surface area contributed by atoms with Gasteiger partial charge in [0, 0.05) is 22.0 Å². The van der Waals surface area contributed by atoms with Crippen molar-refractivity contribution >= 4 is 34.2 Å². The number of nitrogens with one attached hydrogen (secondary N) is 2. The van der Waals surface area contributed by atoms with Crippen LogP contribution in [0.25, 0.3) is 10.9 Å². The lowest BCUT2D eigenvalue weighted by Crippen LogP contribution is -2.30. The first kappa shape index (κ1) is 15.9. The van der Waals surface area contributed by atoms with Gasteiger partial charge >= 0.3 is 6.03 Å². The molecule has 3 heterocycles. The summed E-state index contributed by atoms with van der Waals surface area (Å²) >= 11 is 1.47. The average Bonchev–Trinajstić information content (AvgIpc) is 3.32. The number of carbonyl (C=O) groups is 2. The molecule has 1 unspecified atom stereocenters. The Morgan fingerprint density at radius 2 is 2.12 bits per heavy atom. The molecule has 1 fully saturated rings. The van der Waals surface area contributed by atoms with Gasteiger partial charge in [-0.15, -0.1) is 11.3 Å². The molecule has 7 heteroatoms. The predicted octanol–water partition coefficient (Wildman–Crippen LogP) is 2.52. The molecule has 3 amide bonds. The normalized spacial score (nSPS) is 17.5. The second kappa shape index (κ2) is 6.34. The SMILES string of the molecule is NCCc1c[nH]c2ccc(CN3C(=O)NC(c4cccs4)C3=O)cc12. The Bertz CT molecular complexity index is 932. The Balaban J connectivity index is 1.59. The molecule has 1 aliphatic heterocycles. The van der Waals surface area contributed by atoms with Crippen LogP contribution < -0.4 is 11.1 Å². The van der Waals surface area contributed by atoms with Crippen molar-refractivity contribution in [3.05, 3.63) is 57.9 Å². The summed E-state index contributed by atoms with van der Waals surface area (Å²) in [7, 11) is 0. The first-order valence-electron chi connectivity index (χ1n) is 8.11. The molecule has 1 aromatic carbocycles. The third-order valence-corrected chi connectivity index (χ3v) is 5.38. The van der Waals surface area contributed by atoms with Crippen LogP contribution >= 0.6 is 11.3 Å². The molecule has 0 aliphatic carbocycles. The number of nitrogens with two attached hydrogens (primary N) is 1. The van der Waals surface area contributed by atoms with Crippen molar-refractivity contribution in [2.45, 2.75) is 19.0 Å². The third-order valence-electron chi connectivity index (χ3n) is 4.44. The van der Waals surface area contributed by atoms with Gasteiger partial charge in [-0.05, 0) is 47.7 Å². The van der Waals surface area contributed by atoms with Gasteiger partial charge in [0.15, 0.2) is 0 Å². The fourth-order valence-corrected chi connectivity index (χ4v) is 3.95. The molecule has 4 N–H and O–H groups in total. The number of amides is 3. The zero-order valence-corrected chi connectivity index (χ0v) is 14.3. The number of carbonyl (C=O) groups excluding carboxylic acids is 2. The van der Waals surface area contributed by atoms with Crippen molar-refractivity contribution in [2.75, 3.05) is 6.54 Å². The second-order valence-corrected chi connectivity index (χ2v) is 7.03. The number of aromatic nitrogens is 1. The molecular weight excluding hydrogens is 336 g/mol. The van der Waals surface area contributed by atoms with E-state index in [0.717, 1.165) is 33.3 Å². The smallest absolute Gasteiger partial charge is 0.325 e. The minimum Gasteiger partial charge on any atom is -0.361 e. The molecule has 0 radical (unpaired) electrons. The van der Waals surface area contributed by atoms with Crippen LogP contribution in [-0.2, 0) is 17.8 Å². The minimum atomic E-state index is -0.573. The summed E-state index contributed by atoms with van der Waals surface area (Å²) in [5, 5.41) is 5.75. The maximum atomic E-state index is 12.6. The monoisotopic (exact) mass is 354 g/mol. The van der Waals surface area contributed by atoms with Crippen molar-refractivity contribution in [3.8, 4) is 0 Å². The Labute approximate surface area is 148 Å². The molecular formula is C18H18N4O2S. The quantitative estimate of drug-likeness (QED) is 0.615. The summed E-state index contributed by atoms with van der Waals surface area (Å²) in [4.78, 5) is 30.2. The van der Waals surface area contributed by atoms with Crippen molar-refractivity contribution in [2.24, 2.45) is 5.73 Å². The van der Waals surface area contributed by atoms with Gasteiger partial charge in [-0.1, -0.05) is 12.1 Å². The van der Waals surface area contributed by atoms with Crippen LogP contribution in [0.1, 0.15) is 22.0 Å². The van der Waals surface area contributed by atoms with Gasteiger partial charge in [-0.25, -0.2) is 4.79 Å². The van der Waals surface area contributed by atoms with Crippen LogP contribution in [0, 0.1) is 0 Å². The van der Waals surface area contributed by atoms with Gasteiger partial charge < -0.3 is 16.0 Å². The van der Waals surface area contributed by atoms with E-state index in [-0.39, 0.29) is 18.5 Å².